The minimum absolute atomic E-state index is 0.0500. The van der Waals surface area contributed by atoms with Crippen LogP contribution in [0.15, 0.2) is 72.9 Å². The number of nitrogens with one attached hydrogen (secondary N) is 1. The molecule has 0 aliphatic carbocycles. The van der Waals surface area contributed by atoms with Crippen LogP contribution in [0.25, 0.3) is 0 Å². The normalized spacial score (nSPS) is 11.9. The zero-order valence-electron chi connectivity index (χ0n) is 21.2. The molecule has 2 aromatic heterocycles. The number of aromatic nitrogens is 3. The predicted octanol–water partition coefficient (Wildman–Crippen LogP) is 5.34. The lowest BCUT2D eigenvalue weighted by Crippen LogP contribution is -2.29. The van der Waals surface area contributed by atoms with E-state index in [1.54, 1.807) is 12.3 Å². The van der Waals surface area contributed by atoms with Crippen molar-refractivity contribution in [1.29, 1.82) is 0 Å². The molecule has 2 aromatic carbocycles. The number of unbranched alkanes of at least 4 members (excludes halogenated alkanes) is 1. The van der Waals surface area contributed by atoms with Gasteiger partial charge in [0.15, 0.2) is 5.15 Å². The van der Waals surface area contributed by atoms with Gasteiger partial charge in [-0.1, -0.05) is 67.4 Å². The number of aliphatic hydroxyl groups is 1. The smallest absolute Gasteiger partial charge is 0.352 e. The van der Waals surface area contributed by atoms with Crippen molar-refractivity contribution in [3.63, 3.8) is 0 Å². The Hall–Kier alpha value is -3.88. The predicted molar refractivity (Wildman–Crippen MR) is 147 cm³/mol. The van der Waals surface area contributed by atoms with Gasteiger partial charge in [-0.25, -0.2) is 9.78 Å². The highest BCUT2D eigenvalue weighted by Gasteiger charge is 2.25. The van der Waals surface area contributed by atoms with Gasteiger partial charge < -0.3 is 24.7 Å². The van der Waals surface area contributed by atoms with Crippen molar-refractivity contribution in [2.45, 2.75) is 51.8 Å². The van der Waals surface area contributed by atoms with E-state index < -0.39 is 12.0 Å². The number of hydrogen-bond donors (Lipinski definition) is 3. The maximum atomic E-state index is 13.4. The number of carbonyl (C=O) groups is 2. The summed E-state index contributed by atoms with van der Waals surface area (Å²) in [5.41, 5.74) is 3.11. The van der Waals surface area contributed by atoms with E-state index >= 15 is 0 Å². The molecular weight excluding hydrogens is 504 g/mol. The highest BCUT2D eigenvalue weighted by atomic mass is 35.5. The van der Waals surface area contributed by atoms with Crippen LogP contribution in [0.4, 0.5) is 5.69 Å². The van der Waals surface area contributed by atoms with E-state index in [2.05, 4.69) is 17.2 Å². The van der Waals surface area contributed by atoms with Crippen molar-refractivity contribution in [2.75, 3.05) is 5.32 Å². The largest absolute Gasteiger partial charge is 0.477 e. The molecule has 38 heavy (non-hydrogen) atoms. The van der Waals surface area contributed by atoms with Crippen LogP contribution < -0.4 is 5.32 Å². The lowest BCUT2D eigenvalue weighted by atomic mass is 10.0. The molecule has 3 N–H and O–H groups in total. The Kier molecular flexibility index (Phi) is 8.99. The number of carboxylic acids is 1. The molecule has 0 bridgehead atoms. The highest BCUT2D eigenvalue weighted by Crippen LogP contribution is 2.23. The van der Waals surface area contributed by atoms with Gasteiger partial charge >= 0.3 is 5.97 Å². The maximum Gasteiger partial charge on any atom is 0.352 e. The topological polar surface area (TPSA) is 109 Å². The van der Waals surface area contributed by atoms with E-state index in [0.717, 1.165) is 36.2 Å². The van der Waals surface area contributed by atoms with Crippen molar-refractivity contribution in [3.05, 3.63) is 106 Å². The van der Waals surface area contributed by atoms with Crippen LogP contribution in [-0.4, -0.2) is 36.2 Å². The summed E-state index contributed by atoms with van der Waals surface area (Å²) in [5, 5.41) is 22.7. The number of aromatic carboxylic acids is 1. The SMILES string of the molecule is CCCCc1nc(Cl)c(CO)n1Cc1ccc(NC(=O)[C@H](Cc2ccccc2)n2cccc2C(=O)O)cc1. The molecule has 0 saturated heterocycles. The molecule has 4 aromatic rings. The fourth-order valence-electron chi connectivity index (χ4n) is 4.47. The van der Waals surface area contributed by atoms with Gasteiger partial charge in [0, 0.05) is 31.3 Å². The average molecular weight is 535 g/mol. The van der Waals surface area contributed by atoms with Crippen LogP contribution in [0.1, 0.15) is 58.9 Å². The van der Waals surface area contributed by atoms with Gasteiger partial charge in [-0.15, -0.1) is 0 Å². The van der Waals surface area contributed by atoms with Crippen molar-refractivity contribution in [1.82, 2.24) is 14.1 Å². The summed E-state index contributed by atoms with van der Waals surface area (Å²) in [4.78, 5) is 29.6. The Labute approximate surface area is 226 Å². The first-order chi connectivity index (χ1) is 18.4. The second-order valence-corrected chi connectivity index (χ2v) is 9.47. The number of rotatable bonds is 12. The van der Waals surface area contributed by atoms with Gasteiger partial charge in [-0.2, -0.15) is 0 Å². The number of benzene rings is 2. The molecule has 198 valence electrons. The number of aryl methyl sites for hydroxylation is 1. The molecule has 4 rings (SSSR count). The molecule has 0 aliphatic rings. The molecule has 0 aliphatic heterocycles. The second kappa shape index (κ2) is 12.6. The van der Waals surface area contributed by atoms with Gasteiger partial charge in [0.2, 0.25) is 5.91 Å². The number of aliphatic hydroxyl groups excluding tert-OH is 1. The molecule has 0 unspecified atom stereocenters. The van der Waals surface area contributed by atoms with Crippen LogP contribution in [0.3, 0.4) is 0 Å². The highest BCUT2D eigenvalue weighted by molar-refractivity contribution is 6.30. The third-order valence-electron chi connectivity index (χ3n) is 6.48. The zero-order valence-corrected chi connectivity index (χ0v) is 21.9. The third kappa shape index (κ3) is 6.33. The molecule has 1 amide bonds. The average Bonchev–Trinajstić information content (AvgIpc) is 3.52. The standard InChI is InChI=1S/C29H31ClN4O4/c1-2-3-11-26-32-27(30)25(19-35)34(26)18-21-12-14-22(15-13-21)31-28(36)24(17-20-8-5-4-6-9-20)33-16-7-10-23(33)29(37)38/h4-10,12-16,24,35H,2-3,11,17-19H2,1H3,(H,31,36)(H,37,38)/t24-/m0/s1. The van der Waals surface area contributed by atoms with Crippen molar-refractivity contribution in [3.8, 4) is 0 Å². The summed E-state index contributed by atoms with van der Waals surface area (Å²) in [6.07, 6.45) is 4.72. The maximum absolute atomic E-state index is 13.4. The first-order valence-corrected chi connectivity index (χ1v) is 13.0. The van der Waals surface area contributed by atoms with Gasteiger partial charge in [0.1, 0.15) is 17.6 Å². The third-order valence-corrected chi connectivity index (χ3v) is 6.78. The molecular formula is C29H31ClN4O4. The number of halogens is 1. The van der Waals surface area contributed by atoms with Gasteiger partial charge in [0.05, 0.1) is 12.3 Å². The lowest BCUT2D eigenvalue weighted by molar-refractivity contribution is -0.119. The van der Waals surface area contributed by atoms with Crippen LogP contribution in [0, 0.1) is 0 Å². The minimum atomic E-state index is -1.09. The zero-order chi connectivity index (χ0) is 27.1. The molecule has 2 heterocycles. The Balaban J connectivity index is 1.53. The number of amides is 1. The fraction of sp³-hybridized carbons (Fsp3) is 0.276. The number of anilines is 1. The van der Waals surface area contributed by atoms with Gasteiger partial charge in [-0.3, -0.25) is 4.79 Å². The minimum Gasteiger partial charge on any atom is -0.477 e. The molecule has 0 spiro atoms. The fourth-order valence-corrected chi connectivity index (χ4v) is 4.73. The molecule has 9 heteroatoms. The van der Waals surface area contributed by atoms with Crippen molar-refractivity contribution < 1.29 is 19.8 Å². The lowest BCUT2D eigenvalue weighted by Gasteiger charge is -2.21. The number of carbonyl (C=O) groups excluding carboxylic acids is 1. The van der Waals surface area contributed by atoms with E-state index in [1.807, 2.05) is 59.2 Å². The Morgan fingerprint density at radius 3 is 2.42 bits per heavy atom. The van der Waals surface area contributed by atoms with Gasteiger partial charge in [-0.05, 0) is 41.8 Å². The Bertz CT molecular complexity index is 1380. The first-order valence-electron chi connectivity index (χ1n) is 12.6. The summed E-state index contributed by atoms with van der Waals surface area (Å²) < 4.78 is 3.44. The van der Waals surface area contributed by atoms with Crippen LogP contribution >= 0.6 is 11.6 Å². The van der Waals surface area contributed by atoms with Gasteiger partial charge in [0.25, 0.3) is 0 Å². The van der Waals surface area contributed by atoms with Crippen LogP contribution in [0.2, 0.25) is 5.15 Å². The second-order valence-electron chi connectivity index (χ2n) is 9.11. The number of nitrogens with zero attached hydrogens (tertiary/aromatic N) is 3. The van der Waals surface area contributed by atoms with Crippen molar-refractivity contribution >= 4 is 29.2 Å². The number of carboxylic acid groups (broad SMARTS) is 1. The summed E-state index contributed by atoms with van der Waals surface area (Å²) in [6, 6.07) is 19.3. The summed E-state index contributed by atoms with van der Waals surface area (Å²) in [6.45, 7) is 2.40. The number of hydrogen-bond acceptors (Lipinski definition) is 4. The molecule has 0 radical (unpaired) electrons. The van der Waals surface area contributed by atoms with E-state index in [-0.39, 0.29) is 18.2 Å². The monoisotopic (exact) mass is 534 g/mol. The van der Waals surface area contributed by atoms with E-state index in [4.69, 9.17) is 11.6 Å². The van der Waals surface area contributed by atoms with Crippen LogP contribution in [0.5, 0.6) is 0 Å². The molecule has 0 saturated carbocycles. The summed E-state index contributed by atoms with van der Waals surface area (Å²) in [5.74, 6) is -0.570. The first kappa shape index (κ1) is 27.2. The van der Waals surface area contributed by atoms with Crippen LogP contribution in [-0.2, 0) is 30.8 Å². The van der Waals surface area contributed by atoms with E-state index in [9.17, 15) is 19.8 Å². The molecule has 1 atom stereocenters. The quantitative estimate of drug-likeness (QED) is 0.227. The van der Waals surface area contributed by atoms with Crippen molar-refractivity contribution in [2.24, 2.45) is 0 Å². The Morgan fingerprint density at radius 2 is 1.76 bits per heavy atom. The molecule has 8 nitrogen and oxygen atoms in total. The summed E-state index contributed by atoms with van der Waals surface area (Å²) >= 11 is 6.26. The summed E-state index contributed by atoms with van der Waals surface area (Å²) in [7, 11) is 0. The van der Waals surface area contributed by atoms with E-state index in [0.29, 0.717) is 29.5 Å². The number of imidazole rings is 1. The Morgan fingerprint density at radius 1 is 1.03 bits per heavy atom. The molecule has 0 fully saturated rings. The van der Waals surface area contributed by atoms with E-state index in [1.165, 1.54) is 10.6 Å².